The Hall–Kier alpha value is -1.48. The van der Waals surface area contributed by atoms with Crippen molar-refractivity contribution in [2.24, 2.45) is 0 Å². The molecule has 1 saturated heterocycles. The van der Waals surface area contributed by atoms with Crippen molar-refractivity contribution in [3.05, 3.63) is 63.3 Å². The number of pyridine rings is 1. The van der Waals surface area contributed by atoms with Gasteiger partial charge in [0.2, 0.25) is 10.0 Å². The number of sulfonamides is 1. The van der Waals surface area contributed by atoms with Crippen molar-refractivity contribution in [2.45, 2.75) is 5.75 Å². The number of hydrogen-bond donors (Lipinski definition) is 0. The molecule has 1 aromatic heterocycles. The number of rotatable bonds is 4. The highest BCUT2D eigenvalue weighted by Crippen LogP contribution is 2.21. The first-order valence-corrected chi connectivity index (χ1v) is 10.8. The molecule has 1 aromatic carbocycles. The van der Waals surface area contributed by atoms with Crippen LogP contribution < -0.4 is 0 Å². The highest BCUT2D eigenvalue weighted by atomic mass is 79.9. The van der Waals surface area contributed by atoms with Gasteiger partial charge in [-0.15, -0.1) is 0 Å². The van der Waals surface area contributed by atoms with Crippen molar-refractivity contribution in [3.8, 4) is 0 Å². The van der Waals surface area contributed by atoms with Gasteiger partial charge in [-0.3, -0.25) is 4.79 Å². The molecule has 0 saturated carbocycles. The Bertz CT molecular complexity index is 901. The van der Waals surface area contributed by atoms with Gasteiger partial charge in [-0.2, -0.15) is 4.31 Å². The summed E-state index contributed by atoms with van der Waals surface area (Å²) in [6.45, 7) is 1.16. The van der Waals surface area contributed by atoms with Gasteiger partial charge in [0, 0.05) is 36.8 Å². The van der Waals surface area contributed by atoms with E-state index in [-0.39, 0.29) is 29.9 Å². The molecular formula is C17H17BrClN3O3S. The minimum absolute atomic E-state index is 0.0385. The highest BCUT2D eigenvalue weighted by molar-refractivity contribution is 9.10. The van der Waals surface area contributed by atoms with Crippen molar-refractivity contribution in [3.63, 3.8) is 0 Å². The van der Waals surface area contributed by atoms with Gasteiger partial charge in [-0.05, 0) is 27.6 Å². The molecule has 1 amide bonds. The van der Waals surface area contributed by atoms with E-state index in [1.807, 2.05) is 18.2 Å². The molecule has 0 unspecified atom stereocenters. The number of benzene rings is 1. The highest BCUT2D eigenvalue weighted by Gasteiger charge is 2.30. The molecule has 1 aliphatic heterocycles. The fourth-order valence-corrected chi connectivity index (χ4v) is 4.82. The van der Waals surface area contributed by atoms with Gasteiger partial charge in [0.15, 0.2) is 0 Å². The van der Waals surface area contributed by atoms with E-state index in [1.54, 1.807) is 23.1 Å². The second-order valence-electron chi connectivity index (χ2n) is 5.92. The van der Waals surface area contributed by atoms with Crippen molar-refractivity contribution < 1.29 is 13.2 Å². The van der Waals surface area contributed by atoms with Crippen LogP contribution in [-0.2, 0) is 15.8 Å². The minimum atomic E-state index is -3.42. The summed E-state index contributed by atoms with van der Waals surface area (Å²) < 4.78 is 27.3. The molecule has 9 heteroatoms. The van der Waals surface area contributed by atoms with Crippen LogP contribution in [0.5, 0.6) is 0 Å². The Morgan fingerprint density at radius 1 is 1.15 bits per heavy atom. The Balaban J connectivity index is 1.65. The lowest BCUT2D eigenvalue weighted by Crippen LogP contribution is -2.50. The molecule has 1 fully saturated rings. The van der Waals surface area contributed by atoms with Crippen molar-refractivity contribution in [1.82, 2.24) is 14.2 Å². The van der Waals surface area contributed by atoms with E-state index in [0.717, 1.165) is 5.56 Å². The number of nitrogens with zero attached hydrogens (tertiary/aromatic N) is 3. The van der Waals surface area contributed by atoms with Crippen LogP contribution >= 0.6 is 27.5 Å². The topological polar surface area (TPSA) is 70.6 Å². The number of hydrogen-bond acceptors (Lipinski definition) is 4. The van der Waals surface area contributed by atoms with Crippen molar-refractivity contribution in [1.29, 1.82) is 0 Å². The second kappa shape index (κ2) is 8.04. The van der Waals surface area contributed by atoms with Crippen LogP contribution in [0.1, 0.15) is 15.9 Å². The lowest BCUT2D eigenvalue weighted by atomic mass is 10.2. The maximum atomic E-state index is 12.6. The third kappa shape index (κ3) is 4.43. The Morgan fingerprint density at radius 2 is 1.81 bits per heavy atom. The Morgan fingerprint density at radius 3 is 2.46 bits per heavy atom. The van der Waals surface area contributed by atoms with Gasteiger partial charge in [0.1, 0.15) is 5.15 Å². The van der Waals surface area contributed by atoms with Gasteiger partial charge >= 0.3 is 0 Å². The molecular weight excluding hydrogens is 442 g/mol. The first-order chi connectivity index (χ1) is 12.4. The molecule has 1 aliphatic rings. The zero-order valence-corrected chi connectivity index (χ0v) is 17.0. The summed E-state index contributed by atoms with van der Waals surface area (Å²) >= 11 is 9.29. The van der Waals surface area contributed by atoms with Crippen LogP contribution in [0.25, 0.3) is 0 Å². The van der Waals surface area contributed by atoms with E-state index in [9.17, 15) is 13.2 Å². The number of carbonyl (C=O) groups excluding carboxylic acids is 1. The van der Waals surface area contributed by atoms with E-state index in [2.05, 4.69) is 20.9 Å². The molecule has 2 aromatic rings. The maximum absolute atomic E-state index is 12.6. The largest absolute Gasteiger partial charge is 0.336 e. The third-order valence-electron chi connectivity index (χ3n) is 4.15. The first-order valence-electron chi connectivity index (χ1n) is 7.99. The predicted octanol–water partition coefficient (Wildman–Crippen LogP) is 2.79. The number of piperazine rings is 1. The molecule has 6 nitrogen and oxygen atoms in total. The molecule has 0 N–H and O–H groups in total. The van der Waals surface area contributed by atoms with Crippen LogP contribution in [-0.4, -0.2) is 54.7 Å². The SMILES string of the molecule is O=C(c1cc(Br)cnc1Cl)N1CCN(S(=O)(=O)Cc2ccccc2)CC1. The fourth-order valence-electron chi connectivity index (χ4n) is 2.79. The zero-order chi connectivity index (χ0) is 18.7. The average molecular weight is 459 g/mol. The normalized spacial score (nSPS) is 15.8. The quantitative estimate of drug-likeness (QED) is 0.661. The molecule has 0 spiro atoms. The van der Waals surface area contributed by atoms with Crippen molar-refractivity contribution >= 4 is 43.5 Å². The third-order valence-corrected chi connectivity index (χ3v) is 6.73. The minimum Gasteiger partial charge on any atom is -0.336 e. The van der Waals surface area contributed by atoms with Crippen LogP contribution in [0.4, 0.5) is 0 Å². The number of halogens is 2. The van der Waals surface area contributed by atoms with Crippen LogP contribution in [0, 0.1) is 0 Å². The van der Waals surface area contributed by atoms with E-state index in [1.165, 1.54) is 10.5 Å². The summed E-state index contributed by atoms with van der Waals surface area (Å²) in [5, 5.41) is 0.136. The fraction of sp³-hybridized carbons (Fsp3) is 0.294. The molecule has 0 atom stereocenters. The number of amides is 1. The summed E-state index contributed by atoms with van der Waals surface area (Å²) in [4.78, 5) is 18.2. The monoisotopic (exact) mass is 457 g/mol. The standard InChI is InChI=1S/C17H17BrClN3O3S/c18-14-10-15(16(19)20-11-14)17(23)21-6-8-22(9-7-21)26(24,25)12-13-4-2-1-3-5-13/h1-5,10-11H,6-9,12H2. The molecule has 0 radical (unpaired) electrons. The van der Waals surface area contributed by atoms with E-state index in [4.69, 9.17) is 11.6 Å². The Kier molecular flexibility index (Phi) is 5.96. The van der Waals surface area contributed by atoms with E-state index < -0.39 is 10.0 Å². The van der Waals surface area contributed by atoms with Gasteiger partial charge in [0.05, 0.1) is 11.3 Å². The lowest BCUT2D eigenvalue weighted by Gasteiger charge is -2.34. The van der Waals surface area contributed by atoms with Crippen LogP contribution in [0.15, 0.2) is 47.1 Å². The van der Waals surface area contributed by atoms with Gasteiger partial charge < -0.3 is 4.90 Å². The predicted molar refractivity (Wildman–Crippen MR) is 103 cm³/mol. The van der Waals surface area contributed by atoms with Gasteiger partial charge in [-0.25, -0.2) is 13.4 Å². The molecule has 2 heterocycles. The first kappa shape index (κ1) is 19.3. The summed E-state index contributed by atoms with van der Waals surface area (Å²) in [5.74, 6) is -0.285. The van der Waals surface area contributed by atoms with Crippen molar-refractivity contribution in [2.75, 3.05) is 26.2 Å². The second-order valence-corrected chi connectivity index (χ2v) is 9.17. The summed E-state index contributed by atoms with van der Waals surface area (Å²) in [6, 6.07) is 10.7. The smallest absolute Gasteiger partial charge is 0.257 e. The van der Waals surface area contributed by atoms with Crippen LogP contribution in [0.3, 0.4) is 0 Å². The summed E-state index contributed by atoms with van der Waals surface area (Å²) in [6.07, 6.45) is 1.52. The molecule has 3 rings (SSSR count). The Labute approximate surface area is 166 Å². The summed E-state index contributed by atoms with van der Waals surface area (Å²) in [7, 11) is -3.42. The molecule has 0 aliphatic carbocycles. The van der Waals surface area contributed by atoms with E-state index in [0.29, 0.717) is 23.1 Å². The molecule has 0 bridgehead atoms. The van der Waals surface area contributed by atoms with Gasteiger partial charge in [-0.1, -0.05) is 41.9 Å². The maximum Gasteiger partial charge on any atom is 0.257 e. The lowest BCUT2D eigenvalue weighted by molar-refractivity contribution is 0.0697. The molecule has 138 valence electrons. The summed E-state index contributed by atoms with van der Waals surface area (Å²) in [5.41, 5.74) is 1.06. The zero-order valence-electron chi connectivity index (χ0n) is 13.8. The number of carbonyl (C=O) groups is 1. The van der Waals surface area contributed by atoms with E-state index >= 15 is 0 Å². The number of aromatic nitrogens is 1. The van der Waals surface area contributed by atoms with Gasteiger partial charge in [0.25, 0.3) is 5.91 Å². The average Bonchev–Trinajstić information content (AvgIpc) is 2.64. The molecule has 26 heavy (non-hydrogen) atoms. The van der Waals surface area contributed by atoms with Crippen LogP contribution in [0.2, 0.25) is 5.15 Å².